The van der Waals surface area contributed by atoms with Gasteiger partial charge in [-0.15, -0.1) is 21.5 Å². The molecule has 1 amide bonds. The third-order valence-electron chi connectivity index (χ3n) is 6.86. The van der Waals surface area contributed by atoms with Crippen molar-refractivity contribution < 1.29 is 4.79 Å². The number of piperazine rings is 1. The SMILES string of the molecule is Cc1cccc(N2CCN(C(=O)C3CCN(c4ccc(-c5cccs5)nn4)CC3)CC2C)c1. The summed E-state index contributed by atoms with van der Waals surface area (Å²) in [5.74, 6) is 1.34. The van der Waals surface area contributed by atoms with E-state index in [1.807, 2.05) is 12.1 Å². The van der Waals surface area contributed by atoms with Crippen molar-refractivity contribution in [1.82, 2.24) is 15.1 Å². The number of amides is 1. The van der Waals surface area contributed by atoms with E-state index in [0.717, 1.165) is 62.0 Å². The maximum Gasteiger partial charge on any atom is 0.225 e. The highest BCUT2D eigenvalue weighted by Crippen LogP contribution is 2.28. The number of aryl methyl sites for hydroxylation is 1. The molecular weight excluding hydrogens is 430 g/mol. The number of hydrogen-bond donors (Lipinski definition) is 0. The van der Waals surface area contributed by atoms with Gasteiger partial charge in [0, 0.05) is 50.4 Å². The van der Waals surface area contributed by atoms with Crippen LogP contribution in [0.4, 0.5) is 11.5 Å². The number of carbonyl (C=O) groups excluding carboxylic acids is 1. The summed E-state index contributed by atoms with van der Waals surface area (Å²) in [6, 6.07) is 17.2. The van der Waals surface area contributed by atoms with Crippen LogP contribution in [-0.2, 0) is 4.79 Å². The fourth-order valence-corrected chi connectivity index (χ4v) is 5.70. The first-order valence-corrected chi connectivity index (χ1v) is 12.7. The lowest BCUT2D eigenvalue weighted by Gasteiger charge is -2.43. The molecule has 2 saturated heterocycles. The Morgan fingerprint density at radius 1 is 1.00 bits per heavy atom. The topological polar surface area (TPSA) is 52.6 Å². The molecule has 5 rings (SSSR count). The Morgan fingerprint density at radius 2 is 1.85 bits per heavy atom. The molecule has 3 aromatic rings. The smallest absolute Gasteiger partial charge is 0.225 e. The number of piperidine rings is 1. The second-order valence-electron chi connectivity index (χ2n) is 9.18. The van der Waals surface area contributed by atoms with Gasteiger partial charge in [-0.2, -0.15) is 0 Å². The van der Waals surface area contributed by atoms with E-state index in [0.29, 0.717) is 11.9 Å². The fourth-order valence-electron chi connectivity index (χ4n) is 5.01. The number of hydrogen-bond acceptors (Lipinski definition) is 6. The van der Waals surface area contributed by atoms with Crippen molar-refractivity contribution in [3.63, 3.8) is 0 Å². The Morgan fingerprint density at radius 3 is 2.52 bits per heavy atom. The van der Waals surface area contributed by atoms with Crippen LogP contribution in [0.3, 0.4) is 0 Å². The molecule has 4 heterocycles. The highest BCUT2D eigenvalue weighted by atomic mass is 32.1. The van der Waals surface area contributed by atoms with Gasteiger partial charge in [0.1, 0.15) is 5.69 Å². The van der Waals surface area contributed by atoms with E-state index in [2.05, 4.69) is 80.5 Å². The molecule has 0 radical (unpaired) electrons. The number of benzene rings is 1. The Labute approximate surface area is 199 Å². The molecular formula is C26H31N5OS. The van der Waals surface area contributed by atoms with E-state index in [1.54, 1.807) is 11.3 Å². The lowest BCUT2D eigenvalue weighted by molar-refractivity contribution is -0.137. The molecule has 0 spiro atoms. The molecule has 2 aliphatic heterocycles. The molecule has 2 aromatic heterocycles. The van der Waals surface area contributed by atoms with Crippen molar-refractivity contribution in [2.45, 2.75) is 32.7 Å². The summed E-state index contributed by atoms with van der Waals surface area (Å²) < 4.78 is 0. The summed E-state index contributed by atoms with van der Waals surface area (Å²) in [4.78, 5) is 21.2. The van der Waals surface area contributed by atoms with Crippen LogP contribution in [0.1, 0.15) is 25.3 Å². The summed E-state index contributed by atoms with van der Waals surface area (Å²) in [7, 11) is 0. The van der Waals surface area contributed by atoms with Gasteiger partial charge in [0.05, 0.1) is 4.88 Å². The van der Waals surface area contributed by atoms with Crippen molar-refractivity contribution in [2.24, 2.45) is 5.92 Å². The van der Waals surface area contributed by atoms with Gasteiger partial charge < -0.3 is 14.7 Å². The van der Waals surface area contributed by atoms with Gasteiger partial charge in [-0.25, -0.2) is 0 Å². The molecule has 0 aliphatic carbocycles. The molecule has 2 fully saturated rings. The minimum Gasteiger partial charge on any atom is -0.365 e. The third kappa shape index (κ3) is 4.74. The Hall–Kier alpha value is -2.93. The minimum absolute atomic E-state index is 0.109. The molecule has 0 saturated carbocycles. The number of carbonyl (C=O) groups is 1. The van der Waals surface area contributed by atoms with Gasteiger partial charge in [-0.1, -0.05) is 18.2 Å². The summed E-state index contributed by atoms with van der Waals surface area (Å²) in [5.41, 5.74) is 3.45. The van der Waals surface area contributed by atoms with Gasteiger partial charge in [-0.3, -0.25) is 4.79 Å². The number of nitrogens with zero attached hydrogens (tertiary/aromatic N) is 5. The van der Waals surface area contributed by atoms with Crippen molar-refractivity contribution in [1.29, 1.82) is 0 Å². The second kappa shape index (κ2) is 9.51. The van der Waals surface area contributed by atoms with Crippen molar-refractivity contribution in [2.75, 3.05) is 42.5 Å². The molecule has 1 aromatic carbocycles. The summed E-state index contributed by atoms with van der Waals surface area (Å²) >= 11 is 1.67. The van der Waals surface area contributed by atoms with Gasteiger partial charge in [-0.05, 0) is 68.0 Å². The molecule has 33 heavy (non-hydrogen) atoms. The number of aromatic nitrogens is 2. The molecule has 7 heteroatoms. The van der Waals surface area contributed by atoms with E-state index < -0.39 is 0 Å². The normalized spacial score (nSPS) is 19.7. The zero-order valence-electron chi connectivity index (χ0n) is 19.4. The number of anilines is 2. The van der Waals surface area contributed by atoms with E-state index >= 15 is 0 Å². The van der Waals surface area contributed by atoms with Crippen LogP contribution in [0.2, 0.25) is 0 Å². The first-order valence-electron chi connectivity index (χ1n) is 11.8. The first-order chi connectivity index (χ1) is 16.1. The van der Waals surface area contributed by atoms with Crippen molar-refractivity contribution >= 4 is 28.7 Å². The first kappa shape index (κ1) is 21.9. The van der Waals surface area contributed by atoms with Crippen LogP contribution < -0.4 is 9.80 Å². The Kier molecular flexibility index (Phi) is 6.31. The Bertz CT molecular complexity index is 1080. The largest absolute Gasteiger partial charge is 0.365 e. The standard InChI is InChI=1S/C26H31N5OS/c1-19-5-3-6-22(17-19)31-15-14-30(18-20(31)2)26(32)21-10-12-29(13-11-21)25-9-8-23(27-28-25)24-7-4-16-33-24/h3-9,16-17,20-21H,10-15,18H2,1-2H3. The predicted octanol–water partition coefficient (Wildman–Crippen LogP) is 4.47. The van der Waals surface area contributed by atoms with E-state index in [-0.39, 0.29) is 5.92 Å². The zero-order chi connectivity index (χ0) is 22.8. The van der Waals surface area contributed by atoms with Crippen LogP contribution in [0.15, 0.2) is 53.9 Å². The van der Waals surface area contributed by atoms with E-state index in [1.165, 1.54) is 11.3 Å². The lowest BCUT2D eigenvalue weighted by atomic mass is 9.94. The molecule has 1 atom stereocenters. The number of rotatable bonds is 4. The van der Waals surface area contributed by atoms with Crippen LogP contribution in [-0.4, -0.2) is 59.8 Å². The predicted molar refractivity (Wildman–Crippen MR) is 135 cm³/mol. The van der Waals surface area contributed by atoms with Crippen LogP contribution >= 0.6 is 11.3 Å². The van der Waals surface area contributed by atoms with Gasteiger partial charge in [0.25, 0.3) is 0 Å². The van der Waals surface area contributed by atoms with E-state index in [9.17, 15) is 4.79 Å². The fraction of sp³-hybridized carbons (Fsp3) is 0.423. The minimum atomic E-state index is 0.109. The van der Waals surface area contributed by atoms with Gasteiger partial charge in [0.15, 0.2) is 5.82 Å². The Balaban J connectivity index is 1.15. The summed E-state index contributed by atoms with van der Waals surface area (Å²) in [6.07, 6.45) is 1.75. The van der Waals surface area contributed by atoms with Crippen molar-refractivity contribution in [3.8, 4) is 10.6 Å². The maximum atomic E-state index is 13.3. The molecule has 172 valence electrons. The summed E-state index contributed by atoms with van der Waals surface area (Å²) in [5, 5.41) is 10.9. The highest BCUT2D eigenvalue weighted by molar-refractivity contribution is 7.13. The molecule has 0 N–H and O–H groups in total. The quantitative estimate of drug-likeness (QED) is 0.574. The number of thiophene rings is 1. The van der Waals surface area contributed by atoms with E-state index in [4.69, 9.17) is 0 Å². The maximum absolute atomic E-state index is 13.3. The second-order valence-corrected chi connectivity index (χ2v) is 10.1. The molecule has 6 nitrogen and oxygen atoms in total. The third-order valence-corrected chi connectivity index (χ3v) is 7.76. The van der Waals surface area contributed by atoms with Crippen molar-refractivity contribution in [3.05, 3.63) is 59.5 Å². The molecule has 2 aliphatic rings. The summed E-state index contributed by atoms with van der Waals surface area (Å²) in [6.45, 7) is 8.54. The zero-order valence-corrected chi connectivity index (χ0v) is 20.2. The average molecular weight is 462 g/mol. The molecule has 0 bridgehead atoms. The highest BCUT2D eigenvalue weighted by Gasteiger charge is 2.33. The van der Waals surface area contributed by atoms with Gasteiger partial charge in [0.2, 0.25) is 5.91 Å². The van der Waals surface area contributed by atoms with Crippen LogP contribution in [0.5, 0.6) is 0 Å². The van der Waals surface area contributed by atoms with Crippen LogP contribution in [0, 0.1) is 12.8 Å². The van der Waals surface area contributed by atoms with Gasteiger partial charge >= 0.3 is 0 Å². The lowest BCUT2D eigenvalue weighted by Crippen LogP contribution is -2.55. The monoisotopic (exact) mass is 461 g/mol. The molecule has 1 unspecified atom stereocenters. The van der Waals surface area contributed by atoms with Crippen LogP contribution in [0.25, 0.3) is 10.6 Å². The average Bonchev–Trinajstić information content (AvgIpc) is 3.39.